The molecule has 1 aromatic rings. The Bertz CT molecular complexity index is 656. The Balaban J connectivity index is 0.000000771. The van der Waals surface area contributed by atoms with E-state index >= 15 is 0 Å². The first-order valence-corrected chi connectivity index (χ1v) is 14.8. The monoisotopic (exact) mass is 459 g/mol. The molecule has 0 aromatic heterocycles. The minimum Gasteiger partial charge on any atom is -0.420 e. The van der Waals surface area contributed by atoms with Crippen LogP contribution in [0.5, 0.6) is 0 Å². The maximum Gasteiger partial charge on any atom is 0.375 e. The maximum atomic E-state index is 8.58. The molecule has 2 aliphatic heterocycles. The molecule has 4 nitrogen and oxygen atoms in total. The Hall–Kier alpha value is -0.275. The molecule has 2 N–H and O–H groups in total. The number of carbonyl (C=O) groups is 1. The molecular formula is C21H38BNO3S3. The van der Waals surface area contributed by atoms with Crippen LogP contribution in [0.2, 0.25) is 5.31 Å². The number of hydrogen-bond donors (Lipinski definition) is 1. The summed E-state index contributed by atoms with van der Waals surface area (Å²) < 4.78 is 12.6. The highest BCUT2D eigenvalue weighted by Gasteiger charge is 2.59. The van der Waals surface area contributed by atoms with Crippen molar-refractivity contribution in [2.24, 2.45) is 5.73 Å². The highest BCUT2D eigenvalue weighted by molar-refractivity contribution is 8.28. The van der Waals surface area contributed by atoms with Gasteiger partial charge in [0.15, 0.2) is 0 Å². The molecule has 0 aliphatic carbocycles. The summed E-state index contributed by atoms with van der Waals surface area (Å²) in [5.74, 6) is 2.13. The summed E-state index contributed by atoms with van der Waals surface area (Å²) in [6.07, 6.45) is 7.14. The average Bonchev–Trinajstić information content (AvgIpc) is 2.60. The molecule has 1 amide bonds. The minimum atomic E-state index is -0.982. The summed E-state index contributed by atoms with van der Waals surface area (Å²) in [7, 11) is -0.982. The average molecular weight is 460 g/mol. The molecule has 29 heavy (non-hydrogen) atoms. The van der Waals surface area contributed by atoms with Crippen molar-refractivity contribution in [1.82, 2.24) is 0 Å². The van der Waals surface area contributed by atoms with Crippen molar-refractivity contribution < 1.29 is 13.6 Å². The molecule has 2 fully saturated rings. The van der Waals surface area contributed by atoms with E-state index in [1.807, 2.05) is 37.2 Å². The van der Waals surface area contributed by atoms with Crippen LogP contribution in [0.15, 0.2) is 29.2 Å². The first-order chi connectivity index (χ1) is 13.4. The number of rotatable bonds is 5. The van der Waals surface area contributed by atoms with Gasteiger partial charge in [-0.1, -0.05) is 39.8 Å². The van der Waals surface area contributed by atoms with E-state index in [1.54, 1.807) is 0 Å². The van der Waals surface area contributed by atoms with E-state index < -0.39 is 10.3 Å². The number of carbonyl (C=O) groups excluding carboxylic acids is 1. The molecule has 2 aliphatic rings. The van der Waals surface area contributed by atoms with Crippen LogP contribution in [0.25, 0.3) is 0 Å². The molecule has 0 saturated carbocycles. The fourth-order valence-corrected chi connectivity index (χ4v) is 6.71. The lowest BCUT2D eigenvalue weighted by atomic mass is 9.49. The van der Waals surface area contributed by atoms with E-state index in [0.29, 0.717) is 0 Å². The predicted molar refractivity (Wildman–Crippen MR) is 134 cm³/mol. The summed E-state index contributed by atoms with van der Waals surface area (Å²) in [6.45, 7) is 12.9. The maximum absolute atomic E-state index is 8.58. The van der Waals surface area contributed by atoms with Gasteiger partial charge >= 0.3 is 6.19 Å². The zero-order valence-electron chi connectivity index (χ0n) is 19.4. The largest absolute Gasteiger partial charge is 0.420 e. The van der Waals surface area contributed by atoms with Crippen molar-refractivity contribution in [1.29, 1.82) is 0 Å². The van der Waals surface area contributed by atoms with Crippen LogP contribution in [0.3, 0.4) is 0 Å². The third-order valence-corrected chi connectivity index (χ3v) is 8.85. The summed E-state index contributed by atoms with van der Waals surface area (Å²) in [4.78, 5) is 9.86. The van der Waals surface area contributed by atoms with Crippen LogP contribution < -0.4 is 5.73 Å². The van der Waals surface area contributed by atoms with Crippen LogP contribution >= 0.6 is 33.7 Å². The minimum absolute atomic E-state index is 0.0405. The number of nitrogens with two attached hydrogens (primary N) is 1. The Morgan fingerprint density at radius 2 is 1.62 bits per heavy atom. The predicted octanol–water partition coefficient (Wildman–Crippen LogP) is 5.55. The highest BCUT2D eigenvalue weighted by Crippen LogP contribution is 2.58. The zero-order chi connectivity index (χ0) is 22.5. The van der Waals surface area contributed by atoms with Gasteiger partial charge in [-0.2, -0.15) is 11.8 Å². The van der Waals surface area contributed by atoms with E-state index in [9.17, 15) is 0 Å². The molecule has 0 spiro atoms. The Morgan fingerprint density at radius 3 is 1.93 bits per heavy atom. The van der Waals surface area contributed by atoms with Crippen LogP contribution in [0, 0.1) is 0 Å². The third kappa shape index (κ3) is 6.36. The lowest BCUT2D eigenvalue weighted by Gasteiger charge is -2.56. The molecule has 0 atom stereocenters. The van der Waals surface area contributed by atoms with Crippen LogP contribution in [0.4, 0.5) is 0 Å². The highest BCUT2D eigenvalue weighted by atomic mass is 32.3. The summed E-state index contributed by atoms with van der Waals surface area (Å²) in [5.41, 5.74) is 5.37. The molecular weight excluding hydrogens is 421 g/mol. The number of hydrogen-bond acceptors (Lipinski definition) is 5. The second-order valence-corrected chi connectivity index (χ2v) is 14.5. The van der Waals surface area contributed by atoms with Crippen molar-refractivity contribution in [3.05, 3.63) is 29.8 Å². The molecule has 166 valence electrons. The second-order valence-electron chi connectivity index (χ2n) is 8.76. The Morgan fingerprint density at radius 1 is 1.14 bits per heavy atom. The second kappa shape index (κ2) is 10.4. The standard InChI is InChI=1S/C18H29BO2S3.C2H6.CH3NO/c1-16(2)17(3,4)20-19(16)23-15-10-8-14(9-11-15)18(12-22-13-18)21-24(5,6)7;1-2;2-1-3/h8-11H,12-13H2,1-7H3;1-2H3;1H,(H2,2,3). The van der Waals surface area contributed by atoms with Crippen LogP contribution in [-0.2, 0) is 19.2 Å². The molecule has 0 bridgehead atoms. The third-order valence-electron chi connectivity index (χ3n) is 5.25. The van der Waals surface area contributed by atoms with Gasteiger partial charge in [0.1, 0.15) is 5.60 Å². The first-order valence-electron chi connectivity index (χ1n) is 9.94. The van der Waals surface area contributed by atoms with Gasteiger partial charge in [0, 0.05) is 22.4 Å². The van der Waals surface area contributed by atoms with Gasteiger partial charge in [-0.05, 0) is 55.2 Å². The van der Waals surface area contributed by atoms with Crippen molar-refractivity contribution in [3.8, 4) is 0 Å². The zero-order valence-corrected chi connectivity index (χ0v) is 21.9. The number of thioether (sulfide) groups is 1. The Kier molecular flexibility index (Phi) is 9.56. The smallest absolute Gasteiger partial charge is 0.375 e. The van der Waals surface area contributed by atoms with E-state index in [4.69, 9.17) is 13.6 Å². The van der Waals surface area contributed by atoms with Gasteiger partial charge in [0.05, 0.1) is 0 Å². The molecule has 3 rings (SSSR count). The molecule has 2 heterocycles. The van der Waals surface area contributed by atoms with Crippen molar-refractivity contribution >= 4 is 46.3 Å². The van der Waals surface area contributed by atoms with Gasteiger partial charge in [-0.25, -0.2) is 0 Å². The van der Waals surface area contributed by atoms with Gasteiger partial charge in [0.2, 0.25) is 6.41 Å². The summed E-state index contributed by atoms with van der Waals surface area (Å²) in [5, 5.41) is 0.181. The summed E-state index contributed by atoms with van der Waals surface area (Å²) >= 11 is 3.80. The van der Waals surface area contributed by atoms with E-state index in [-0.39, 0.29) is 29.1 Å². The van der Waals surface area contributed by atoms with Crippen molar-refractivity contribution in [3.63, 3.8) is 0 Å². The first kappa shape index (κ1) is 26.8. The number of benzene rings is 1. The molecule has 8 heteroatoms. The molecule has 0 radical (unpaired) electrons. The molecule has 2 saturated heterocycles. The lowest BCUT2D eigenvalue weighted by molar-refractivity contribution is -0.106. The van der Waals surface area contributed by atoms with E-state index in [2.05, 4.69) is 76.5 Å². The number of amides is 1. The normalized spacial score (nSPS) is 21.2. The van der Waals surface area contributed by atoms with Gasteiger partial charge in [0.25, 0.3) is 0 Å². The van der Waals surface area contributed by atoms with E-state index in [0.717, 1.165) is 11.5 Å². The van der Waals surface area contributed by atoms with Crippen LogP contribution in [-0.4, -0.2) is 48.5 Å². The van der Waals surface area contributed by atoms with Crippen molar-refractivity contribution in [2.75, 3.05) is 30.3 Å². The fourth-order valence-electron chi connectivity index (χ4n) is 2.95. The number of primary amides is 1. The molecule has 1 aromatic carbocycles. The quantitative estimate of drug-likeness (QED) is 0.462. The SMILES string of the molecule is CC.CC1(C)OB(Sc2ccc(C3(OS(C)(C)C)CSC3)cc2)C1(C)C.NC=O. The van der Waals surface area contributed by atoms with Gasteiger partial charge in [-0.3, -0.25) is 4.79 Å². The van der Waals surface area contributed by atoms with Gasteiger partial charge < -0.3 is 14.6 Å². The van der Waals surface area contributed by atoms with Crippen LogP contribution in [0.1, 0.15) is 47.1 Å². The molecule has 0 unspecified atom stereocenters. The fraction of sp³-hybridized carbons (Fsp3) is 0.667. The lowest BCUT2D eigenvalue weighted by Crippen LogP contribution is -2.59. The Labute approximate surface area is 188 Å². The summed E-state index contributed by atoms with van der Waals surface area (Å²) in [6, 6.07) is 8.97. The van der Waals surface area contributed by atoms with E-state index in [1.165, 1.54) is 10.5 Å². The van der Waals surface area contributed by atoms with Crippen molar-refractivity contribution in [2.45, 2.75) is 63.0 Å². The topological polar surface area (TPSA) is 61.6 Å². The van der Waals surface area contributed by atoms with Gasteiger partial charge in [-0.15, -0.1) is 21.9 Å².